The van der Waals surface area contributed by atoms with Gasteiger partial charge >= 0.3 is 0 Å². The molecule has 0 radical (unpaired) electrons. The predicted molar refractivity (Wildman–Crippen MR) is 121 cm³/mol. The second-order valence-electron chi connectivity index (χ2n) is 7.82. The van der Waals surface area contributed by atoms with Crippen LogP contribution in [-0.2, 0) is 12.8 Å². The molecule has 174 valence electrons. The summed E-state index contributed by atoms with van der Waals surface area (Å²) in [4.78, 5) is 28.9. The summed E-state index contributed by atoms with van der Waals surface area (Å²) in [7, 11) is 0. The van der Waals surface area contributed by atoms with E-state index in [1.807, 2.05) is 36.4 Å². The van der Waals surface area contributed by atoms with Crippen LogP contribution in [0.4, 0.5) is 0 Å². The van der Waals surface area contributed by atoms with Gasteiger partial charge in [0.2, 0.25) is 13.6 Å². The number of fused-ring (bicyclic) bond motifs is 2. The lowest BCUT2D eigenvalue weighted by Crippen LogP contribution is -2.28. The van der Waals surface area contributed by atoms with Gasteiger partial charge in [0.05, 0.1) is 5.56 Å². The number of hydrogen-bond donors (Lipinski definition) is 2. The van der Waals surface area contributed by atoms with E-state index in [0.29, 0.717) is 31.5 Å². The zero-order chi connectivity index (χ0) is 23.3. The maximum atomic E-state index is 12.4. The summed E-state index contributed by atoms with van der Waals surface area (Å²) < 4.78 is 21.3. The molecule has 0 fully saturated rings. The Morgan fingerprint density at radius 1 is 0.706 bits per heavy atom. The molecule has 0 spiro atoms. The molecule has 2 aromatic carbocycles. The lowest BCUT2D eigenvalue weighted by Gasteiger charge is -2.08. The minimum absolute atomic E-state index is 0.231. The molecule has 9 heteroatoms. The molecular weight excluding hydrogens is 438 g/mol. The highest BCUT2D eigenvalue weighted by Crippen LogP contribution is 2.33. The van der Waals surface area contributed by atoms with Crippen LogP contribution in [0.2, 0.25) is 0 Å². The van der Waals surface area contributed by atoms with Gasteiger partial charge < -0.3 is 29.6 Å². The zero-order valence-corrected chi connectivity index (χ0v) is 18.3. The summed E-state index contributed by atoms with van der Waals surface area (Å²) in [6.45, 7) is 1.37. The Hall–Kier alpha value is -4.27. The van der Waals surface area contributed by atoms with Gasteiger partial charge in [0.15, 0.2) is 23.0 Å². The van der Waals surface area contributed by atoms with Crippen molar-refractivity contribution in [2.75, 3.05) is 26.7 Å². The number of benzene rings is 2. The molecule has 2 aliphatic rings. The Labute approximate surface area is 196 Å². The second kappa shape index (κ2) is 9.70. The summed E-state index contributed by atoms with van der Waals surface area (Å²) in [6.07, 6.45) is 2.70. The Kier molecular flexibility index (Phi) is 6.15. The average molecular weight is 461 g/mol. The molecule has 5 rings (SSSR count). The molecule has 3 aromatic rings. The highest BCUT2D eigenvalue weighted by molar-refractivity contribution is 5.96. The number of rotatable bonds is 8. The number of amides is 2. The summed E-state index contributed by atoms with van der Waals surface area (Å²) in [5.41, 5.74) is 2.71. The van der Waals surface area contributed by atoms with Crippen LogP contribution in [0.25, 0.3) is 0 Å². The zero-order valence-electron chi connectivity index (χ0n) is 18.3. The van der Waals surface area contributed by atoms with E-state index in [0.717, 1.165) is 34.1 Å². The quantitative estimate of drug-likeness (QED) is 0.531. The summed E-state index contributed by atoms with van der Waals surface area (Å²) in [5, 5.41) is 5.70. The van der Waals surface area contributed by atoms with Gasteiger partial charge in [0.1, 0.15) is 5.69 Å². The van der Waals surface area contributed by atoms with Crippen LogP contribution in [0.3, 0.4) is 0 Å². The van der Waals surface area contributed by atoms with E-state index in [1.54, 1.807) is 12.1 Å². The van der Waals surface area contributed by atoms with E-state index in [1.165, 1.54) is 6.20 Å². The first-order chi connectivity index (χ1) is 16.7. The van der Waals surface area contributed by atoms with Gasteiger partial charge in [-0.1, -0.05) is 12.1 Å². The van der Waals surface area contributed by atoms with Crippen molar-refractivity contribution >= 4 is 11.8 Å². The van der Waals surface area contributed by atoms with Crippen molar-refractivity contribution in [3.8, 4) is 23.0 Å². The molecule has 2 N–H and O–H groups in total. The maximum Gasteiger partial charge on any atom is 0.269 e. The monoisotopic (exact) mass is 461 g/mol. The van der Waals surface area contributed by atoms with E-state index in [4.69, 9.17) is 18.9 Å². The van der Waals surface area contributed by atoms with E-state index in [2.05, 4.69) is 15.6 Å². The summed E-state index contributed by atoms with van der Waals surface area (Å²) in [6, 6.07) is 14.6. The number of nitrogens with one attached hydrogen (secondary N) is 2. The van der Waals surface area contributed by atoms with Crippen LogP contribution in [0.1, 0.15) is 32.0 Å². The number of hydrogen-bond acceptors (Lipinski definition) is 7. The molecule has 0 atom stereocenters. The van der Waals surface area contributed by atoms with Crippen LogP contribution in [-0.4, -0.2) is 43.5 Å². The van der Waals surface area contributed by atoms with E-state index in [9.17, 15) is 9.59 Å². The number of pyridine rings is 1. The Balaban J connectivity index is 1.07. The molecule has 2 aliphatic heterocycles. The molecule has 2 amide bonds. The smallest absolute Gasteiger partial charge is 0.269 e. The molecule has 0 saturated heterocycles. The first-order valence-electron chi connectivity index (χ1n) is 11.0. The molecule has 0 saturated carbocycles. The fourth-order valence-corrected chi connectivity index (χ4v) is 3.69. The minimum Gasteiger partial charge on any atom is -0.454 e. The third kappa shape index (κ3) is 4.88. The van der Waals surface area contributed by atoms with Crippen molar-refractivity contribution in [1.82, 2.24) is 15.6 Å². The van der Waals surface area contributed by atoms with E-state index in [-0.39, 0.29) is 31.1 Å². The van der Waals surface area contributed by atoms with Gasteiger partial charge in [-0.3, -0.25) is 14.6 Å². The molecule has 0 aliphatic carbocycles. The van der Waals surface area contributed by atoms with Gasteiger partial charge in [-0.05, 0) is 60.4 Å². The highest BCUT2D eigenvalue weighted by atomic mass is 16.7. The third-order valence-corrected chi connectivity index (χ3v) is 5.53. The summed E-state index contributed by atoms with van der Waals surface area (Å²) in [5.74, 6) is 2.36. The normalized spacial score (nSPS) is 12.9. The van der Waals surface area contributed by atoms with Gasteiger partial charge in [0, 0.05) is 19.3 Å². The molecule has 1 aromatic heterocycles. The SMILES string of the molecule is O=C(NCCc1ccc2c(c1)OCO2)c1ccc(C(=O)NCCc2ccc3c(c2)OCO3)nc1. The third-order valence-electron chi connectivity index (χ3n) is 5.53. The number of ether oxygens (including phenoxy) is 4. The first-order valence-corrected chi connectivity index (χ1v) is 11.0. The van der Waals surface area contributed by atoms with Gasteiger partial charge in [-0.25, -0.2) is 0 Å². The number of nitrogens with zero attached hydrogens (tertiary/aromatic N) is 1. The standard InChI is InChI=1S/C25H23N3O6/c29-24(26-9-7-16-1-5-20-22(11-16)33-14-31-20)18-3-4-19(28-13-18)25(30)27-10-8-17-2-6-21-23(12-17)34-15-32-21/h1-6,11-13H,7-10,14-15H2,(H,26,29)(H,27,30). The topological polar surface area (TPSA) is 108 Å². The van der Waals surface area contributed by atoms with Crippen molar-refractivity contribution in [3.63, 3.8) is 0 Å². The fraction of sp³-hybridized carbons (Fsp3) is 0.240. The molecule has 34 heavy (non-hydrogen) atoms. The van der Waals surface area contributed by atoms with Crippen molar-refractivity contribution in [2.45, 2.75) is 12.8 Å². The van der Waals surface area contributed by atoms with Crippen molar-refractivity contribution in [3.05, 3.63) is 77.1 Å². The lowest BCUT2D eigenvalue weighted by molar-refractivity contribution is 0.0938. The maximum absolute atomic E-state index is 12.4. The minimum atomic E-state index is -0.296. The van der Waals surface area contributed by atoms with E-state index >= 15 is 0 Å². The molecule has 0 bridgehead atoms. The first kappa shape index (κ1) is 21.6. The predicted octanol–water partition coefficient (Wildman–Crippen LogP) is 2.48. The Bertz CT molecular complexity index is 1120. The number of aromatic nitrogens is 1. The van der Waals surface area contributed by atoms with Gasteiger partial charge in [0.25, 0.3) is 11.8 Å². The van der Waals surface area contributed by atoms with Gasteiger partial charge in [-0.15, -0.1) is 0 Å². The molecule has 0 unspecified atom stereocenters. The number of carbonyl (C=O) groups is 2. The van der Waals surface area contributed by atoms with Crippen molar-refractivity contribution < 1.29 is 28.5 Å². The fourth-order valence-electron chi connectivity index (χ4n) is 3.69. The van der Waals surface area contributed by atoms with Gasteiger partial charge in [-0.2, -0.15) is 0 Å². The lowest BCUT2D eigenvalue weighted by atomic mass is 10.1. The molecule has 9 nitrogen and oxygen atoms in total. The highest BCUT2D eigenvalue weighted by Gasteiger charge is 2.15. The largest absolute Gasteiger partial charge is 0.454 e. The average Bonchev–Trinajstić information content (AvgIpc) is 3.52. The van der Waals surface area contributed by atoms with E-state index < -0.39 is 0 Å². The van der Waals surface area contributed by atoms with Crippen molar-refractivity contribution in [2.24, 2.45) is 0 Å². The van der Waals surface area contributed by atoms with Crippen molar-refractivity contribution in [1.29, 1.82) is 0 Å². The Morgan fingerprint density at radius 3 is 1.82 bits per heavy atom. The Morgan fingerprint density at radius 2 is 1.26 bits per heavy atom. The van der Waals surface area contributed by atoms with Crippen LogP contribution in [0.15, 0.2) is 54.7 Å². The molecular formula is C25H23N3O6. The van der Waals surface area contributed by atoms with Crippen LogP contribution < -0.4 is 29.6 Å². The van der Waals surface area contributed by atoms with Crippen LogP contribution in [0.5, 0.6) is 23.0 Å². The second-order valence-corrected chi connectivity index (χ2v) is 7.82. The molecule has 3 heterocycles. The number of carbonyl (C=O) groups excluding carboxylic acids is 2. The van der Waals surface area contributed by atoms with Crippen LogP contribution >= 0.6 is 0 Å². The van der Waals surface area contributed by atoms with Crippen LogP contribution in [0, 0.1) is 0 Å². The summed E-state index contributed by atoms with van der Waals surface area (Å²) >= 11 is 0.